The highest BCUT2D eigenvalue weighted by molar-refractivity contribution is 7.89. The number of halogens is 4. The average Bonchev–Trinajstić information content (AvgIpc) is 2.79. The van der Waals surface area contributed by atoms with Crippen molar-refractivity contribution in [2.45, 2.75) is 38.6 Å². The lowest BCUT2D eigenvalue weighted by Gasteiger charge is -2.17. The van der Waals surface area contributed by atoms with E-state index in [2.05, 4.69) is 14.7 Å². The van der Waals surface area contributed by atoms with Crippen LogP contribution in [0.1, 0.15) is 27.8 Å². The fourth-order valence-electron chi connectivity index (χ4n) is 3.06. The van der Waals surface area contributed by atoms with Crippen LogP contribution in [0.15, 0.2) is 53.7 Å². The van der Waals surface area contributed by atoms with Crippen LogP contribution in [0.4, 0.5) is 0 Å². The van der Waals surface area contributed by atoms with Gasteiger partial charge < -0.3 is 0 Å². The van der Waals surface area contributed by atoms with Crippen molar-refractivity contribution >= 4 is 78.0 Å². The Morgan fingerprint density at radius 3 is 1.82 bits per heavy atom. The van der Waals surface area contributed by atoms with Crippen molar-refractivity contribution in [2.24, 2.45) is 5.92 Å². The first kappa shape index (κ1) is 26.9. The summed E-state index contributed by atoms with van der Waals surface area (Å²) in [4.78, 5) is 8.07. The van der Waals surface area contributed by atoms with Crippen LogP contribution in [0.3, 0.4) is 0 Å². The molecular formula is C24H25Cl4N3O2S. The summed E-state index contributed by atoms with van der Waals surface area (Å²) < 4.78 is 27.4. The van der Waals surface area contributed by atoms with E-state index in [4.69, 9.17) is 46.4 Å². The van der Waals surface area contributed by atoms with Gasteiger partial charge in [-0.15, -0.1) is 0 Å². The van der Waals surface area contributed by atoms with Crippen LogP contribution in [-0.2, 0) is 10.0 Å². The van der Waals surface area contributed by atoms with Crippen molar-refractivity contribution in [3.8, 4) is 0 Å². The quantitative estimate of drug-likeness (QED) is 0.256. The summed E-state index contributed by atoms with van der Waals surface area (Å²) in [6, 6.07) is 10.4. The molecule has 2 heterocycles. The summed E-state index contributed by atoms with van der Waals surface area (Å²) in [5, 5.41) is 4.85. The second-order valence-corrected chi connectivity index (χ2v) is 11.4. The van der Waals surface area contributed by atoms with Crippen LogP contribution in [0.25, 0.3) is 21.5 Å². The maximum absolute atomic E-state index is 12.4. The van der Waals surface area contributed by atoms with E-state index in [1.54, 1.807) is 12.3 Å². The van der Waals surface area contributed by atoms with Crippen molar-refractivity contribution in [3.63, 3.8) is 0 Å². The van der Waals surface area contributed by atoms with E-state index < -0.39 is 10.0 Å². The van der Waals surface area contributed by atoms with Crippen LogP contribution < -0.4 is 4.72 Å². The van der Waals surface area contributed by atoms with Crippen LogP contribution >= 0.6 is 46.4 Å². The highest BCUT2D eigenvalue weighted by atomic mass is 35.5. The fourth-order valence-corrected chi connectivity index (χ4v) is 5.32. The summed E-state index contributed by atoms with van der Waals surface area (Å²) in [7, 11) is -3.61. The van der Waals surface area contributed by atoms with Crippen molar-refractivity contribution < 1.29 is 9.84 Å². The lowest BCUT2D eigenvalue weighted by atomic mass is 10.1. The molecule has 1 N–H and O–H groups in total. The second kappa shape index (κ2) is 10.9. The van der Waals surface area contributed by atoms with E-state index in [-0.39, 0.29) is 23.4 Å². The summed E-state index contributed by atoms with van der Waals surface area (Å²) in [6.07, 6.45) is 3.01. The summed E-state index contributed by atoms with van der Waals surface area (Å²) in [5.74, 6) is 0.194. The van der Waals surface area contributed by atoms with Crippen LogP contribution in [0.2, 0.25) is 20.4 Å². The Labute approximate surface area is 220 Å². The van der Waals surface area contributed by atoms with Gasteiger partial charge in [0.1, 0.15) is 10.3 Å². The lowest BCUT2D eigenvalue weighted by molar-refractivity contribution is 0.476. The third kappa shape index (κ3) is 6.11. The summed E-state index contributed by atoms with van der Waals surface area (Å²) >= 11 is 23.9. The highest BCUT2D eigenvalue weighted by Gasteiger charge is 2.20. The number of nitrogens with one attached hydrogen (secondary N) is 1. The zero-order chi connectivity index (χ0) is 25.2. The van der Waals surface area contributed by atoms with E-state index in [0.717, 1.165) is 16.3 Å². The third-order valence-electron chi connectivity index (χ3n) is 5.36. The molecular weight excluding hydrogens is 536 g/mol. The van der Waals surface area contributed by atoms with E-state index in [0.29, 0.717) is 26.0 Å². The van der Waals surface area contributed by atoms with Gasteiger partial charge in [0.2, 0.25) is 10.0 Å². The molecule has 10 heteroatoms. The molecule has 4 aromatic rings. The topological polar surface area (TPSA) is 72.0 Å². The molecule has 0 radical (unpaired) electrons. The lowest BCUT2D eigenvalue weighted by Crippen LogP contribution is -2.36. The monoisotopic (exact) mass is 560 g/mol. The predicted octanol–water partition coefficient (Wildman–Crippen LogP) is 7.96. The van der Waals surface area contributed by atoms with Crippen LogP contribution in [-0.4, -0.2) is 24.4 Å². The molecule has 0 aliphatic rings. The van der Waals surface area contributed by atoms with E-state index in [1.165, 1.54) is 18.3 Å². The van der Waals surface area contributed by atoms with Crippen molar-refractivity contribution in [2.75, 3.05) is 0 Å². The minimum absolute atomic E-state index is 0. The Morgan fingerprint density at radius 1 is 0.794 bits per heavy atom. The van der Waals surface area contributed by atoms with Crippen molar-refractivity contribution in [1.82, 2.24) is 14.7 Å². The van der Waals surface area contributed by atoms with E-state index in [1.807, 2.05) is 45.9 Å². The number of hydrogen-bond acceptors (Lipinski definition) is 4. The number of nitrogens with zero attached hydrogens (tertiary/aromatic N) is 2. The minimum atomic E-state index is -3.61. The van der Waals surface area contributed by atoms with Gasteiger partial charge in [0.25, 0.3) is 0 Å². The normalized spacial score (nSPS) is 12.6. The van der Waals surface area contributed by atoms with Crippen LogP contribution in [0, 0.1) is 12.8 Å². The van der Waals surface area contributed by atoms with Gasteiger partial charge in [0, 0.05) is 41.4 Å². The molecule has 0 bridgehead atoms. The molecule has 4 rings (SSSR count). The Kier molecular flexibility index (Phi) is 8.66. The van der Waals surface area contributed by atoms with Gasteiger partial charge in [-0.3, -0.25) is 0 Å². The molecule has 34 heavy (non-hydrogen) atoms. The Hall–Kier alpha value is -1.67. The molecule has 0 saturated carbocycles. The van der Waals surface area contributed by atoms with Gasteiger partial charge in [-0.05, 0) is 38.0 Å². The first-order valence-electron chi connectivity index (χ1n) is 10.4. The van der Waals surface area contributed by atoms with Crippen molar-refractivity contribution in [3.05, 3.63) is 74.7 Å². The number of aromatic nitrogens is 2. The van der Waals surface area contributed by atoms with E-state index in [9.17, 15) is 8.42 Å². The Morgan fingerprint density at radius 2 is 1.29 bits per heavy atom. The molecule has 0 saturated heterocycles. The van der Waals surface area contributed by atoms with Gasteiger partial charge >= 0.3 is 0 Å². The van der Waals surface area contributed by atoms with Gasteiger partial charge in [-0.1, -0.05) is 84.0 Å². The van der Waals surface area contributed by atoms with Gasteiger partial charge in [-0.25, -0.2) is 23.1 Å². The third-order valence-corrected chi connectivity index (χ3v) is 8.12. The molecule has 0 aliphatic heterocycles. The molecule has 2 aromatic heterocycles. The zero-order valence-electron chi connectivity index (χ0n) is 18.9. The number of aryl methyl sites for hydroxylation is 1. The van der Waals surface area contributed by atoms with Crippen molar-refractivity contribution in [1.29, 1.82) is 0 Å². The molecule has 5 nitrogen and oxygen atoms in total. The number of benzene rings is 2. The molecule has 0 unspecified atom stereocenters. The molecule has 1 atom stereocenters. The summed E-state index contributed by atoms with van der Waals surface area (Å²) in [5.41, 5.74) is 1.15. The maximum Gasteiger partial charge on any atom is 0.240 e. The molecule has 182 valence electrons. The van der Waals surface area contributed by atoms with Gasteiger partial charge in [0.05, 0.1) is 14.9 Å². The second-order valence-electron chi connectivity index (χ2n) is 8.20. The zero-order valence-corrected chi connectivity index (χ0v) is 22.7. The Bertz CT molecular complexity index is 1470. The first-order valence-corrected chi connectivity index (χ1v) is 13.4. The maximum atomic E-state index is 12.4. The standard InChI is InChI=1S/C14H16Cl2N2O2S.C10H7Cl2N.H2/c1-8(2)9(3)18-21(19,20)10-4-5-11-12(6-10)14(16)17-7-13(11)15;1-6-2-3-7-8(4-6)10(12)13-5-9(7)11;/h4-9,18H,1-3H3;2-5H,1H3;1H/t9-;;/m0../s1/i;;1+1. The van der Waals surface area contributed by atoms with Gasteiger partial charge in [0.15, 0.2) is 0 Å². The first-order chi connectivity index (χ1) is 15.9. The molecule has 0 aliphatic carbocycles. The molecule has 0 fully saturated rings. The molecule has 2 aromatic carbocycles. The number of fused-ring (bicyclic) bond motifs is 2. The minimum Gasteiger partial charge on any atom is -0.242 e. The van der Waals surface area contributed by atoms with E-state index >= 15 is 0 Å². The number of sulfonamides is 1. The highest BCUT2D eigenvalue weighted by Crippen LogP contribution is 2.30. The SMILES string of the molecule is CC(C)[C@H](C)NS(=O)(=O)c1ccc2c(Cl)cnc(Cl)c2c1.Cc1ccc2c(Cl)cnc(Cl)c2c1.[2HH]. The molecule has 0 amide bonds. The Balaban J connectivity index is 0.000000265. The largest absolute Gasteiger partial charge is 0.242 e. The number of rotatable bonds is 4. The van der Waals surface area contributed by atoms with Gasteiger partial charge in [-0.2, -0.15) is 0 Å². The number of pyridine rings is 2. The summed E-state index contributed by atoms with van der Waals surface area (Å²) in [6.45, 7) is 7.74. The predicted molar refractivity (Wildman–Crippen MR) is 145 cm³/mol. The molecule has 0 spiro atoms. The fraction of sp³-hybridized carbons (Fsp3) is 0.250. The average molecular weight is 562 g/mol. The number of hydrogen-bond donors (Lipinski definition) is 1. The van der Waals surface area contributed by atoms with Crippen LogP contribution in [0.5, 0.6) is 0 Å². The smallest absolute Gasteiger partial charge is 0.240 e.